The highest BCUT2D eigenvalue weighted by Crippen LogP contribution is 2.37. The predicted octanol–water partition coefficient (Wildman–Crippen LogP) is 2.72. The van der Waals surface area contributed by atoms with Crippen molar-refractivity contribution in [2.24, 2.45) is 0 Å². The minimum absolute atomic E-state index is 0.0166. The third-order valence-electron chi connectivity index (χ3n) is 3.00. The van der Waals surface area contributed by atoms with E-state index in [-0.39, 0.29) is 11.2 Å². The molecule has 84 valence electrons. The van der Waals surface area contributed by atoms with Crippen molar-refractivity contribution in [1.29, 1.82) is 0 Å². The van der Waals surface area contributed by atoms with Crippen LogP contribution < -0.4 is 5.32 Å². The zero-order valence-electron chi connectivity index (χ0n) is 10.3. The van der Waals surface area contributed by atoms with Crippen LogP contribution in [-0.4, -0.2) is 23.8 Å². The van der Waals surface area contributed by atoms with Gasteiger partial charge in [-0.05, 0) is 47.1 Å². The molecule has 14 heavy (non-hydrogen) atoms. The van der Waals surface area contributed by atoms with Crippen LogP contribution in [0.4, 0.5) is 0 Å². The van der Waals surface area contributed by atoms with Crippen LogP contribution in [0.25, 0.3) is 0 Å². The standard InChI is InChI=1S/C12H25NO/c1-6-7-8-13-10-9-11(2,3)14-12(10,4)5/h10,13H,6-9H2,1-5H3/t10-/m1/s1. The molecule has 0 aliphatic carbocycles. The van der Waals surface area contributed by atoms with E-state index in [4.69, 9.17) is 4.74 Å². The van der Waals surface area contributed by atoms with Gasteiger partial charge in [-0.15, -0.1) is 0 Å². The summed E-state index contributed by atoms with van der Waals surface area (Å²) in [6, 6.07) is 0.504. The SMILES string of the molecule is CCCCN[C@@H]1CC(C)(C)OC1(C)C. The summed E-state index contributed by atoms with van der Waals surface area (Å²) in [6.45, 7) is 12.1. The summed E-state index contributed by atoms with van der Waals surface area (Å²) in [5, 5.41) is 3.60. The highest BCUT2D eigenvalue weighted by molar-refractivity contribution is 4.98. The second kappa shape index (κ2) is 4.19. The van der Waals surface area contributed by atoms with Crippen molar-refractivity contribution >= 4 is 0 Å². The molecule has 1 aliphatic rings. The Hall–Kier alpha value is -0.0800. The Morgan fingerprint density at radius 1 is 1.29 bits per heavy atom. The van der Waals surface area contributed by atoms with Gasteiger partial charge in [0.15, 0.2) is 0 Å². The minimum atomic E-state index is -0.0166. The van der Waals surface area contributed by atoms with Crippen molar-refractivity contribution in [3.8, 4) is 0 Å². The quantitative estimate of drug-likeness (QED) is 0.703. The molecule has 0 bridgehead atoms. The summed E-state index contributed by atoms with van der Waals surface area (Å²) in [7, 11) is 0. The molecule has 1 rings (SSSR count). The largest absolute Gasteiger partial charge is 0.368 e. The smallest absolute Gasteiger partial charge is 0.0787 e. The minimum Gasteiger partial charge on any atom is -0.368 e. The first kappa shape index (κ1) is 12.0. The maximum Gasteiger partial charge on any atom is 0.0787 e. The van der Waals surface area contributed by atoms with E-state index >= 15 is 0 Å². The summed E-state index contributed by atoms with van der Waals surface area (Å²) in [5.74, 6) is 0. The van der Waals surface area contributed by atoms with E-state index in [2.05, 4.69) is 39.9 Å². The van der Waals surface area contributed by atoms with Gasteiger partial charge in [0.2, 0.25) is 0 Å². The number of nitrogens with one attached hydrogen (secondary N) is 1. The summed E-state index contributed by atoms with van der Waals surface area (Å²) < 4.78 is 6.02. The lowest BCUT2D eigenvalue weighted by Crippen LogP contribution is -2.43. The predicted molar refractivity (Wildman–Crippen MR) is 60.6 cm³/mol. The topological polar surface area (TPSA) is 21.3 Å². The van der Waals surface area contributed by atoms with Gasteiger partial charge in [-0.25, -0.2) is 0 Å². The average Bonchev–Trinajstić information content (AvgIpc) is 2.20. The lowest BCUT2D eigenvalue weighted by Gasteiger charge is -2.27. The molecule has 1 N–H and O–H groups in total. The van der Waals surface area contributed by atoms with E-state index < -0.39 is 0 Å². The van der Waals surface area contributed by atoms with Gasteiger partial charge in [-0.1, -0.05) is 13.3 Å². The fourth-order valence-electron chi connectivity index (χ4n) is 2.33. The van der Waals surface area contributed by atoms with Crippen molar-refractivity contribution in [1.82, 2.24) is 5.32 Å². The van der Waals surface area contributed by atoms with E-state index in [9.17, 15) is 0 Å². The van der Waals surface area contributed by atoms with Crippen molar-refractivity contribution in [3.05, 3.63) is 0 Å². The van der Waals surface area contributed by atoms with Crippen LogP contribution in [0.5, 0.6) is 0 Å². The summed E-state index contributed by atoms with van der Waals surface area (Å²) in [6.07, 6.45) is 3.63. The summed E-state index contributed by atoms with van der Waals surface area (Å²) in [4.78, 5) is 0. The molecule has 1 heterocycles. The fourth-order valence-corrected chi connectivity index (χ4v) is 2.33. The number of ether oxygens (including phenoxy) is 1. The molecule has 0 spiro atoms. The van der Waals surface area contributed by atoms with Gasteiger partial charge in [0.1, 0.15) is 0 Å². The van der Waals surface area contributed by atoms with Crippen LogP contribution in [-0.2, 0) is 4.74 Å². The second-order valence-electron chi connectivity index (χ2n) is 5.53. The van der Waals surface area contributed by atoms with Crippen LogP contribution in [0, 0.1) is 0 Å². The Morgan fingerprint density at radius 3 is 2.36 bits per heavy atom. The Bertz CT molecular complexity index is 187. The third-order valence-corrected chi connectivity index (χ3v) is 3.00. The first-order valence-corrected chi connectivity index (χ1v) is 5.81. The van der Waals surface area contributed by atoms with Gasteiger partial charge >= 0.3 is 0 Å². The molecule has 2 nitrogen and oxygen atoms in total. The summed E-state index contributed by atoms with van der Waals surface area (Å²) >= 11 is 0. The summed E-state index contributed by atoms with van der Waals surface area (Å²) in [5.41, 5.74) is 0.0185. The lowest BCUT2D eigenvalue weighted by molar-refractivity contribution is -0.0697. The van der Waals surface area contributed by atoms with Crippen LogP contribution in [0.15, 0.2) is 0 Å². The monoisotopic (exact) mass is 199 g/mol. The zero-order valence-corrected chi connectivity index (χ0v) is 10.3. The van der Waals surface area contributed by atoms with Gasteiger partial charge in [0.05, 0.1) is 11.2 Å². The van der Waals surface area contributed by atoms with E-state index in [1.807, 2.05) is 0 Å². The second-order valence-corrected chi connectivity index (χ2v) is 5.53. The molecule has 0 aromatic rings. The molecule has 0 saturated carbocycles. The molecule has 1 atom stereocenters. The van der Waals surface area contributed by atoms with E-state index in [0.29, 0.717) is 6.04 Å². The molecule has 0 aromatic heterocycles. The van der Waals surface area contributed by atoms with Gasteiger partial charge in [-0.2, -0.15) is 0 Å². The highest BCUT2D eigenvalue weighted by atomic mass is 16.5. The first-order valence-electron chi connectivity index (χ1n) is 5.81. The molecule has 1 fully saturated rings. The number of hydrogen-bond acceptors (Lipinski definition) is 2. The molecule has 0 amide bonds. The zero-order chi connectivity index (χ0) is 10.8. The van der Waals surface area contributed by atoms with Gasteiger partial charge in [0.25, 0.3) is 0 Å². The van der Waals surface area contributed by atoms with Crippen LogP contribution in [0.3, 0.4) is 0 Å². The van der Waals surface area contributed by atoms with Crippen LogP contribution >= 0.6 is 0 Å². The normalized spacial score (nSPS) is 29.4. The van der Waals surface area contributed by atoms with E-state index in [1.165, 1.54) is 12.8 Å². The molecule has 1 aliphatic heterocycles. The number of hydrogen-bond donors (Lipinski definition) is 1. The van der Waals surface area contributed by atoms with E-state index in [1.54, 1.807) is 0 Å². The Morgan fingerprint density at radius 2 is 1.93 bits per heavy atom. The van der Waals surface area contributed by atoms with Crippen LogP contribution in [0.1, 0.15) is 53.9 Å². The van der Waals surface area contributed by atoms with Crippen molar-refractivity contribution in [2.75, 3.05) is 6.54 Å². The molecular formula is C12H25NO. The Labute approximate surface area is 88.4 Å². The number of unbranched alkanes of at least 4 members (excludes halogenated alkanes) is 1. The van der Waals surface area contributed by atoms with Crippen molar-refractivity contribution in [3.63, 3.8) is 0 Å². The fraction of sp³-hybridized carbons (Fsp3) is 1.00. The molecule has 0 aromatic carbocycles. The van der Waals surface area contributed by atoms with Crippen molar-refractivity contribution in [2.45, 2.75) is 71.1 Å². The lowest BCUT2D eigenvalue weighted by atomic mass is 9.94. The highest BCUT2D eigenvalue weighted by Gasteiger charge is 2.45. The molecular weight excluding hydrogens is 174 g/mol. The number of rotatable bonds is 4. The molecule has 2 heteroatoms. The van der Waals surface area contributed by atoms with Crippen LogP contribution in [0.2, 0.25) is 0 Å². The molecule has 1 saturated heterocycles. The third kappa shape index (κ3) is 2.96. The Balaban J connectivity index is 2.44. The maximum atomic E-state index is 6.02. The van der Waals surface area contributed by atoms with Gasteiger partial charge in [0, 0.05) is 6.04 Å². The van der Waals surface area contributed by atoms with E-state index in [0.717, 1.165) is 13.0 Å². The first-order chi connectivity index (χ1) is 6.37. The average molecular weight is 199 g/mol. The van der Waals surface area contributed by atoms with Gasteiger partial charge in [-0.3, -0.25) is 0 Å². The van der Waals surface area contributed by atoms with Gasteiger partial charge < -0.3 is 10.1 Å². The Kier molecular flexibility index (Phi) is 3.59. The molecule has 0 unspecified atom stereocenters. The van der Waals surface area contributed by atoms with Crippen molar-refractivity contribution < 1.29 is 4.74 Å². The maximum absolute atomic E-state index is 6.02. The molecule has 0 radical (unpaired) electrons.